The van der Waals surface area contributed by atoms with Crippen molar-refractivity contribution in [3.8, 4) is 0 Å². The van der Waals surface area contributed by atoms with Gasteiger partial charge >= 0.3 is 0 Å². The Labute approximate surface area is 204 Å². The van der Waals surface area contributed by atoms with Gasteiger partial charge in [-0.2, -0.15) is 11.3 Å². The molecule has 0 amide bonds. The lowest BCUT2D eigenvalue weighted by Gasteiger charge is -2.11. The van der Waals surface area contributed by atoms with E-state index in [4.69, 9.17) is 10.3 Å². The summed E-state index contributed by atoms with van der Waals surface area (Å²) in [6.07, 6.45) is 4.96. The molecule has 34 heavy (non-hydrogen) atoms. The van der Waals surface area contributed by atoms with Crippen molar-refractivity contribution in [3.63, 3.8) is 0 Å². The standard InChI is InChI=1S/C27H30N4O2S/c1-6-7-8-17(2)24-18(3)26(33-31-24)20(5)30-19(4)22-9-11-23(12-10-22)25(32)27(28)29-15-21-13-14-34-16-21/h6-14,16,25,32H,4,15H2,1-3,5H3,(H2,28,29). The summed E-state index contributed by atoms with van der Waals surface area (Å²) in [5.74, 6) is 0.813. The zero-order valence-electron chi connectivity index (χ0n) is 19.9. The highest BCUT2D eigenvalue weighted by atomic mass is 32.1. The van der Waals surface area contributed by atoms with E-state index in [1.807, 2.05) is 74.9 Å². The lowest BCUT2D eigenvalue weighted by molar-refractivity contribution is 0.245. The molecule has 0 saturated carbocycles. The van der Waals surface area contributed by atoms with E-state index in [2.05, 4.69) is 21.7 Å². The number of nitrogens with two attached hydrogens (primary N) is 1. The van der Waals surface area contributed by atoms with Gasteiger partial charge in [0.05, 0.1) is 18.0 Å². The molecule has 1 unspecified atom stereocenters. The molecule has 0 saturated heterocycles. The summed E-state index contributed by atoms with van der Waals surface area (Å²) in [7, 11) is 0. The quantitative estimate of drug-likeness (QED) is 0.223. The number of aliphatic imine (C=N–C) groups is 2. The van der Waals surface area contributed by atoms with Crippen LogP contribution in [0.3, 0.4) is 0 Å². The second kappa shape index (κ2) is 11.5. The van der Waals surface area contributed by atoms with Gasteiger partial charge in [0.25, 0.3) is 0 Å². The molecule has 0 aliphatic carbocycles. The van der Waals surface area contributed by atoms with Crippen LogP contribution in [0.15, 0.2) is 80.4 Å². The van der Waals surface area contributed by atoms with Crippen molar-refractivity contribution in [2.24, 2.45) is 15.7 Å². The molecule has 0 fully saturated rings. The number of aliphatic hydroxyl groups is 1. The molecular weight excluding hydrogens is 444 g/mol. The van der Waals surface area contributed by atoms with Crippen LogP contribution in [-0.2, 0) is 6.54 Å². The molecule has 3 aromatic rings. The topological polar surface area (TPSA) is 97.0 Å². The largest absolute Gasteiger partial charge is 0.385 e. The highest BCUT2D eigenvalue weighted by Gasteiger charge is 2.16. The Balaban J connectivity index is 1.72. The number of amidine groups is 1. The van der Waals surface area contributed by atoms with E-state index < -0.39 is 6.10 Å². The molecule has 2 aromatic heterocycles. The second-order valence-corrected chi connectivity index (χ2v) is 8.68. The fourth-order valence-electron chi connectivity index (χ4n) is 3.36. The Bertz CT molecular complexity index is 1250. The highest BCUT2D eigenvalue weighted by molar-refractivity contribution is 7.07. The van der Waals surface area contributed by atoms with E-state index in [0.29, 0.717) is 29.3 Å². The Morgan fingerprint density at radius 2 is 2.00 bits per heavy atom. The maximum atomic E-state index is 10.5. The number of allylic oxidation sites excluding steroid dienone is 4. The molecule has 7 heteroatoms. The van der Waals surface area contributed by atoms with Gasteiger partial charge in [0.1, 0.15) is 17.6 Å². The van der Waals surface area contributed by atoms with Gasteiger partial charge in [-0.1, -0.05) is 54.2 Å². The van der Waals surface area contributed by atoms with Crippen LogP contribution < -0.4 is 5.73 Å². The van der Waals surface area contributed by atoms with Gasteiger partial charge in [0.15, 0.2) is 5.76 Å². The van der Waals surface area contributed by atoms with E-state index >= 15 is 0 Å². The normalized spacial score (nSPS) is 14.1. The molecule has 1 atom stereocenters. The SMILES string of the molecule is C=C(N=C(C)c1onc(C(C)=CC=CC)c1C)c1ccc(C(O)C(N)=NCc2ccsc2)cc1. The molecule has 0 aliphatic rings. The summed E-state index contributed by atoms with van der Waals surface area (Å²) < 4.78 is 5.58. The van der Waals surface area contributed by atoms with Crippen molar-refractivity contribution in [1.29, 1.82) is 0 Å². The predicted molar refractivity (Wildman–Crippen MR) is 142 cm³/mol. The zero-order chi connectivity index (χ0) is 24.7. The summed E-state index contributed by atoms with van der Waals surface area (Å²) in [5.41, 5.74) is 12.6. The lowest BCUT2D eigenvalue weighted by Crippen LogP contribution is -2.22. The van der Waals surface area contributed by atoms with Crippen LogP contribution in [0, 0.1) is 6.92 Å². The van der Waals surface area contributed by atoms with Crippen molar-refractivity contribution < 1.29 is 9.63 Å². The molecule has 2 heterocycles. The van der Waals surface area contributed by atoms with E-state index in [-0.39, 0.29) is 5.84 Å². The molecule has 3 rings (SSSR count). The van der Waals surface area contributed by atoms with E-state index in [0.717, 1.165) is 28.0 Å². The second-order valence-electron chi connectivity index (χ2n) is 7.90. The number of hydrogen-bond acceptors (Lipinski definition) is 6. The first-order chi connectivity index (χ1) is 16.3. The fourth-order valence-corrected chi connectivity index (χ4v) is 4.02. The van der Waals surface area contributed by atoms with Crippen molar-refractivity contribution in [2.75, 3.05) is 0 Å². The third kappa shape index (κ3) is 6.07. The number of benzene rings is 1. The molecule has 0 aliphatic heterocycles. The molecule has 6 nitrogen and oxygen atoms in total. The number of aliphatic hydroxyl groups excluding tert-OH is 1. The van der Waals surface area contributed by atoms with Crippen LogP contribution in [0.5, 0.6) is 0 Å². The molecule has 0 spiro atoms. The number of rotatable bonds is 9. The maximum Gasteiger partial charge on any atom is 0.184 e. The summed E-state index contributed by atoms with van der Waals surface area (Å²) in [6.45, 7) is 12.3. The van der Waals surface area contributed by atoms with Crippen molar-refractivity contribution in [2.45, 2.75) is 40.3 Å². The zero-order valence-corrected chi connectivity index (χ0v) is 20.8. The van der Waals surface area contributed by atoms with Gasteiger partial charge in [0.2, 0.25) is 0 Å². The summed E-state index contributed by atoms with van der Waals surface area (Å²) in [4.78, 5) is 8.93. The molecule has 176 valence electrons. The van der Waals surface area contributed by atoms with Crippen molar-refractivity contribution in [3.05, 3.63) is 99.6 Å². The average molecular weight is 475 g/mol. The monoisotopic (exact) mass is 474 g/mol. The number of aromatic nitrogens is 1. The molecule has 0 radical (unpaired) electrons. The van der Waals surface area contributed by atoms with E-state index in [9.17, 15) is 5.11 Å². The maximum absolute atomic E-state index is 10.5. The van der Waals surface area contributed by atoms with Crippen LogP contribution in [0.4, 0.5) is 0 Å². The fraction of sp³-hybridized carbons (Fsp3) is 0.222. The number of hydrogen-bond donors (Lipinski definition) is 2. The van der Waals surface area contributed by atoms with Crippen molar-refractivity contribution in [1.82, 2.24) is 5.16 Å². The number of nitrogens with zero attached hydrogens (tertiary/aromatic N) is 3. The van der Waals surface area contributed by atoms with Crippen LogP contribution in [0.2, 0.25) is 0 Å². The molecular formula is C27H30N4O2S. The van der Waals surface area contributed by atoms with E-state index in [1.54, 1.807) is 23.5 Å². The first-order valence-electron chi connectivity index (χ1n) is 10.9. The van der Waals surface area contributed by atoms with E-state index in [1.165, 1.54) is 0 Å². The average Bonchev–Trinajstić information content (AvgIpc) is 3.50. The van der Waals surface area contributed by atoms with Crippen LogP contribution in [-0.4, -0.2) is 21.8 Å². The molecule has 3 N–H and O–H groups in total. The number of thiophene rings is 1. The van der Waals surface area contributed by atoms with Gasteiger partial charge in [-0.25, -0.2) is 4.99 Å². The van der Waals surface area contributed by atoms with Crippen LogP contribution in [0.25, 0.3) is 11.3 Å². The minimum Gasteiger partial charge on any atom is -0.385 e. The third-order valence-corrected chi connectivity index (χ3v) is 6.06. The van der Waals surface area contributed by atoms with Gasteiger partial charge < -0.3 is 15.4 Å². The first-order valence-corrected chi connectivity index (χ1v) is 11.9. The smallest absolute Gasteiger partial charge is 0.184 e. The van der Waals surface area contributed by atoms with Crippen LogP contribution in [0.1, 0.15) is 60.6 Å². The van der Waals surface area contributed by atoms with Gasteiger partial charge in [-0.3, -0.25) is 4.99 Å². The van der Waals surface area contributed by atoms with Crippen LogP contribution >= 0.6 is 11.3 Å². The summed E-state index contributed by atoms with van der Waals surface area (Å²) in [5, 5.41) is 18.7. The Hall–Kier alpha value is -3.55. The van der Waals surface area contributed by atoms with Crippen molar-refractivity contribution >= 4 is 34.2 Å². The molecule has 1 aromatic carbocycles. The third-order valence-electron chi connectivity index (χ3n) is 5.33. The Kier molecular flexibility index (Phi) is 8.51. The van der Waals surface area contributed by atoms with Gasteiger partial charge in [-0.15, -0.1) is 0 Å². The van der Waals surface area contributed by atoms with Gasteiger partial charge in [0, 0.05) is 5.56 Å². The molecule has 0 bridgehead atoms. The minimum absolute atomic E-state index is 0.182. The summed E-state index contributed by atoms with van der Waals surface area (Å²) in [6, 6.07) is 9.30. The minimum atomic E-state index is -0.972. The highest BCUT2D eigenvalue weighted by Crippen LogP contribution is 2.24. The Morgan fingerprint density at radius 3 is 2.65 bits per heavy atom. The first kappa shape index (κ1) is 25.1. The summed E-state index contributed by atoms with van der Waals surface area (Å²) >= 11 is 1.60. The van der Waals surface area contributed by atoms with Gasteiger partial charge in [-0.05, 0) is 66.8 Å². The Morgan fingerprint density at radius 1 is 1.26 bits per heavy atom. The predicted octanol–water partition coefficient (Wildman–Crippen LogP) is 6.09. The lowest BCUT2D eigenvalue weighted by atomic mass is 10.0.